The van der Waals surface area contributed by atoms with Crippen molar-refractivity contribution in [2.75, 3.05) is 26.2 Å². The molecule has 2 aromatic carbocycles. The van der Waals surface area contributed by atoms with Gasteiger partial charge in [-0.2, -0.15) is 0 Å². The van der Waals surface area contributed by atoms with E-state index < -0.39 is 0 Å². The number of benzene rings is 2. The number of hydrogen-bond acceptors (Lipinski definition) is 2. The lowest BCUT2D eigenvalue weighted by molar-refractivity contribution is -0.819. The van der Waals surface area contributed by atoms with E-state index in [-0.39, 0.29) is 24.8 Å². The molecule has 0 radical (unpaired) electrons. The van der Waals surface area contributed by atoms with Gasteiger partial charge in [-0.3, -0.25) is 9.80 Å². The third kappa shape index (κ3) is 6.92. The van der Waals surface area contributed by atoms with Crippen LogP contribution in [0, 0.1) is 0 Å². The molecule has 0 bridgehead atoms. The highest BCUT2D eigenvalue weighted by molar-refractivity contribution is 5.46. The molecule has 0 spiro atoms. The molecule has 0 saturated carbocycles. The van der Waals surface area contributed by atoms with Gasteiger partial charge in [0.15, 0.2) is 12.7 Å². The summed E-state index contributed by atoms with van der Waals surface area (Å²) in [6, 6.07) is 21.6. The molecule has 0 saturated heterocycles. The molecule has 2 aromatic rings. The maximum atomic E-state index is 4.25. The minimum absolute atomic E-state index is 0. The Kier molecular flexibility index (Phi) is 11.9. The monoisotopic (exact) mass is 444 g/mol. The SMILES string of the molecule is C=CC(c1ccccc1)[NH+]1C=NCC1.C=CC(c1ccccc1)[NH+]1C=NCC1.[Cl-].[Cl-]. The molecule has 0 fully saturated rings. The Balaban J connectivity index is 0.000000281. The van der Waals surface area contributed by atoms with Gasteiger partial charge in [-0.25, -0.2) is 9.98 Å². The third-order valence-electron chi connectivity index (χ3n) is 5.16. The lowest BCUT2D eigenvalue weighted by Gasteiger charge is -2.18. The largest absolute Gasteiger partial charge is 1.00 e. The zero-order valence-corrected chi connectivity index (χ0v) is 18.6. The molecule has 4 rings (SSSR count). The number of halogens is 2. The average molecular weight is 445 g/mol. The van der Waals surface area contributed by atoms with Crippen LogP contribution in [0.4, 0.5) is 0 Å². The van der Waals surface area contributed by atoms with Gasteiger partial charge < -0.3 is 24.8 Å². The van der Waals surface area contributed by atoms with E-state index >= 15 is 0 Å². The maximum absolute atomic E-state index is 4.25. The summed E-state index contributed by atoms with van der Waals surface area (Å²) in [6.07, 6.45) is 8.00. The molecule has 2 aliphatic heterocycles. The highest BCUT2D eigenvalue weighted by Gasteiger charge is 2.22. The first-order valence-corrected chi connectivity index (χ1v) is 9.89. The number of hydrogen-bond donors (Lipinski definition) is 2. The molecular weight excluding hydrogens is 415 g/mol. The van der Waals surface area contributed by atoms with Gasteiger partial charge in [0.25, 0.3) is 0 Å². The summed E-state index contributed by atoms with van der Waals surface area (Å²) in [5.74, 6) is 0. The van der Waals surface area contributed by atoms with E-state index in [1.54, 1.807) is 0 Å². The van der Waals surface area contributed by atoms with Gasteiger partial charge >= 0.3 is 0 Å². The molecule has 4 nitrogen and oxygen atoms in total. The van der Waals surface area contributed by atoms with Gasteiger partial charge in [-0.15, -0.1) is 0 Å². The molecule has 2 heterocycles. The summed E-state index contributed by atoms with van der Waals surface area (Å²) in [6.45, 7) is 11.8. The second kappa shape index (κ2) is 13.9. The van der Waals surface area contributed by atoms with Gasteiger partial charge in [-0.1, -0.05) is 73.8 Å². The lowest BCUT2D eigenvalue weighted by atomic mass is 10.1. The summed E-state index contributed by atoms with van der Waals surface area (Å²) >= 11 is 0. The smallest absolute Gasteiger partial charge is 0.184 e. The number of quaternary nitrogens is 2. The molecule has 0 aliphatic carbocycles. The number of nitrogens with zero attached hydrogens (tertiary/aromatic N) is 2. The normalized spacial score (nSPS) is 20.7. The summed E-state index contributed by atoms with van der Waals surface area (Å²) in [7, 11) is 0. The van der Waals surface area contributed by atoms with Crippen molar-refractivity contribution in [3.05, 3.63) is 97.1 Å². The van der Waals surface area contributed by atoms with Gasteiger partial charge in [0.1, 0.15) is 25.2 Å². The third-order valence-corrected chi connectivity index (χ3v) is 5.16. The number of nitrogens with one attached hydrogen (secondary N) is 2. The van der Waals surface area contributed by atoms with Gasteiger partial charge in [-0.05, 0) is 12.2 Å². The van der Waals surface area contributed by atoms with Crippen molar-refractivity contribution in [3.63, 3.8) is 0 Å². The summed E-state index contributed by atoms with van der Waals surface area (Å²) in [5.41, 5.74) is 2.62. The highest BCUT2D eigenvalue weighted by atomic mass is 35.5. The van der Waals surface area contributed by atoms with Gasteiger partial charge in [0, 0.05) is 11.1 Å². The average Bonchev–Trinajstić information content (AvgIpc) is 3.46. The van der Waals surface area contributed by atoms with Crippen molar-refractivity contribution in [2.24, 2.45) is 9.98 Å². The second-order valence-electron chi connectivity index (χ2n) is 6.97. The van der Waals surface area contributed by atoms with Crippen molar-refractivity contribution in [2.45, 2.75) is 12.1 Å². The minimum Gasteiger partial charge on any atom is -1.00 e. The van der Waals surface area contributed by atoms with Crippen molar-refractivity contribution in [1.82, 2.24) is 0 Å². The summed E-state index contributed by atoms with van der Waals surface area (Å²) < 4.78 is 0. The zero-order chi connectivity index (χ0) is 19.6. The van der Waals surface area contributed by atoms with Crippen LogP contribution >= 0.6 is 0 Å². The number of rotatable bonds is 6. The molecule has 4 unspecified atom stereocenters. The molecular formula is C24H30Cl2N4. The van der Waals surface area contributed by atoms with Crippen LogP contribution in [-0.2, 0) is 0 Å². The van der Waals surface area contributed by atoms with E-state index in [4.69, 9.17) is 0 Å². The summed E-state index contributed by atoms with van der Waals surface area (Å²) in [4.78, 5) is 11.3. The molecule has 0 aromatic heterocycles. The fourth-order valence-electron chi connectivity index (χ4n) is 3.68. The first-order valence-electron chi connectivity index (χ1n) is 9.89. The topological polar surface area (TPSA) is 33.6 Å². The van der Waals surface area contributed by atoms with E-state index in [0.717, 1.165) is 26.2 Å². The molecule has 0 amide bonds. The predicted molar refractivity (Wildman–Crippen MR) is 117 cm³/mol. The van der Waals surface area contributed by atoms with E-state index in [1.165, 1.54) is 20.9 Å². The Morgan fingerprint density at radius 2 is 1.03 bits per heavy atom. The Hall–Kier alpha value is -2.24. The Morgan fingerprint density at radius 3 is 1.30 bits per heavy atom. The highest BCUT2D eigenvalue weighted by Crippen LogP contribution is 2.10. The van der Waals surface area contributed by atoms with E-state index in [0.29, 0.717) is 12.1 Å². The van der Waals surface area contributed by atoms with Gasteiger partial charge in [0.05, 0.1) is 13.1 Å². The quantitative estimate of drug-likeness (QED) is 0.422. The van der Waals surface area contributed by atoms with Crippen LogP contribution in [0.2, 0.25) is 0 Å². The maximum Gasteiger partial charge on any atom is 0.184 e. The fraction of sp³-hybridized carbons (Fsp3) is 0.250. The first kappa shape index (κ1) is 25.8. The second-order valence-corrected chi connectivity index (χ2v) is 6.97. The Labute approximate surface area is 192 Å². The predicted octanol–water partition coefficient (Wildman–Crippen LogP) is -4.31. The lowest BCUT2D eigenvalue weighted by Crippen LogP contribution is -3.10. The standard InChI is InChI=1S/2C12H14N2.2ClH/c2*1-2-12(14-9-8-13-10-14)11-6-4-3-5-7-11;;/h2*2-7,10,12H,1,8-9H2;2*1H. The Bertz CT molecular complexity index is 739. The van der Waals surface area contributed by atoms with E-state index in [2.05, 4.69) is 71.7 Å². The molecule has 2 N–H and O–H groups in total. The van der Waals surface area contributed by atoms with Crippen LogP contribution in [0.5, 0.6) is 0 Å². The number of aliphatic imine (C=N–C) groups is 2. The van der Waals surface area contributed by atoms with E-state index in [9.17, 15) is 0 Å². The van der Waals surface area contributed by atoms with Crippen molar-refractivity contribution >= 4 is 12.7 Å². The van der Waals surface area contributed by atoms with Crippen molar-refractivity contribution in [3.8, 4) is 0 Å². The Morgan fingerprint density at radius 1 is 0.667 bits per heavy atom. The van der Waals surface area contributed by atoms with Crippen LogP contribution in [0.1, 0.15) is 23.2 Å². The van der Waals surface area contributed by atoms with Crippen LogP contribution < -0.4 is 34.6 Å². The van der Waals surface area contributed by atoms with Crippen LogP contribution in [0.15, 0.2) is 96.0 Å². The van der Waals surface area contributed by atoms with Gasteiger partial charge in [0.2, 0.25) is 0 Å². The van der Waals surface area contributed by atoms with Crippen molar-refractivity contribution < 1.29 is 34.6 Å². The van der Waals surface area contributed by atoms with E-state index in [1.807, 2.05) is 37.0 Å². The van der Waals surface area contributed by atoms with Crippen LogP contribution in [-0.4, -0.2) is 38.9 Å². The molecule has 2 aliphatic rings. The fourth-order valence-corrected chi connectivity index (χ4v) is 3.68. The molecule has 160 valence electrons. The molecule has 4 atom stereocenters. The summed E-state index contributed by atoms with van der Waals surface area (Å²) in [5, 5.41) is 0. The zero-order valence-electron chi connectivity index (χ0n) is 17.1. The first-order chi connectivity index (χ1) is 13.8. The van der Waals surface area contributed by atoms with Crippen molar-refractivity contribution in [1.29, 1.82) is 0 Å². The molecule has 30 heavy (non-hydrogen) atoms. The van der Waals surface area contributed by atoms with Crippen LogP contribution in [0.25, 0.3) is 0 Å². The molecule has 6 heteroatoms. The minimum atomic E-state index is 0. The van der Waals surface area contributed by atoms with Crippen LogP contribution in [0.3, 0.4) is 0 Å².